The van der Waals surface area contributed by atoms with Gasteiger partial charge in [0.25, 0.3) is 0 Å². The molecule has 6 nitrogen and oxygen atoms in total. The van der Waals surface area contributed by atoms with Crippen LogP contribution in [0, 0.1) is 6.92 Å². The Morgan fingerprint density at radius 1 is 1.16 bits per heavy atom. The third-order valence-electron chi connectivity index (χ3n) is 2.64. The van der Waals surface area contributed by atoms with Gasteiger partial charge in [0.05, 0.1) is 6.54 Å². The number of aromatic amines is 1. The monoisotopic (exact) mass is 260 g/mol. The second-order valence-electron chi connectivity index (χ2n) is 4.26. The number of likely N-dealkylation sites (N-methyl/N-ethyl adjacent to an activating group) is 1. The molecule has 0 spiro atoms. The van der Waals surface area contributed by atoms with Crippen molar-refractivity contribution in [1.82, 2.24) is 20.3 Å². The van der Waals surface area contributed by atoms with Crippen molar-refractivity contribution in [3.8, 4) is 0 Å². The van der Waals surface area contributed by atoms with Crippen molar-refractivity contribution >= 4 is 11.6 Å². The van der Waals surface area contributed by atoms with Crippen LogP contribution < -0.4 is 16.0 Å². The molecule has 2 heterocycles. The van der Waals surface area contributed by atoms with E-state index in [1.807, 2.05) is 38.4 Å². The van der Waals surface area contributed by atoms with Gasteiger partial charge >= 0.3 is 0 Å². The maximum absolute atomic E-state index is 4.37. The summed E-state index contributed by atoms with van der Waals surface area (Å²) in [6, 6.07) is 5.94. The fourth-order valence-electron chi connectivity index (χ4n) is 1.73. The van der Waals surface area contributed by atoms with E-state index in [1.54, 1.807) is 0 Å². The zero-order valence-electron chi connectivity index (χ0n) is 11.3. The van der Waals surface area contributed by atoms with Gasteiger partial charge in [-0.2, -0.15) is 0 Å². The number of rotatable bonds is 7. The lowest BCUT2D eigenvalue weighted by Gasteiger charge is -2.09. The van der Waals surface area contributed by atoms with Crippen LogP contribution in [0.2, 0.25) is 0 Å². The molecule has 102 valence electrons. The first-order chi connectivity index (χ1) is 9.28. The first-order valence-corrected chi connectivity index (χ1v) is 6.38. The molecular weight excluding hydrogens is 240 g/mol. The molecule has 0 amide bonds. The Morgan fingerprint density at radius 3 is 2.63 bits per heavy atom. The number of aromatic nitrogens is 3. The Balaban J connectivity index is 1.95. The summed E-state index contributed by atoms with van der Waals surface area (Å²) in [5, 5.41) is 9.62. The molecule has 0 unspecified atom stereocenters. The molecular formula is C13H20N6. The number of nitrogens with one attached hydrogen (secondary N) is 4. The number of anilines is 2. The maximum Gasteiger partial charge on any atom is 0.132 e. The fourth-order valence-corrected chi connectivity index (χ4v) is 1.73. The van der Waals surface area contributed by atoms with Crippen LogP contribution in [-0.4, -0.2) is 35.1 Å². The van der Waals surface area contributed by atoms with Crippen molar-refractivity contribution in [2.24, 2.45) is 0 Å². The zero-order valence-corrected chi connectivity index (χ0v) is 11.3. The number of aryl methyl sites for hydroxylation is 1. The van der Waals surface area contributed by atoms with Crippen LogP contribution in [0.1, 0.15) is 11.5 Å². The van der Waals surface area contributed by atoms with Crippen LogP contribution >= 0.6 is 0 Å². The van der Waals surface area contributed by atoms with Gasteiger partial charge in [0.15, 0.2) is 0 Å². The van der Waals surface area contributed by atoms with Crippen molar-refractivity contribution in [1.29, 1.82) is 0 Å². The Morgan fingerprint density at radius 2 is 1.95 bits per heavy atom. The van der Waals surface area contributed by atoms with Crippen molar-refractivity contribution < 1.29 is 0 Å². The highest BCUT2D eigenvalue weighted by atomic mass is 15.1. The third-order valence-corrected chi connectivity index (χ3v) is 2.64. The van der Waals surface area contributed by atoms with Crippen molar-refractivity contribution in [3.63, 3.8) is 0 Å². The summed E-state index contributed by atoms with van der Waals surface area (Å²) in [6.07, 6.45) is 1.91. The quantitative estimate of drug-likeness (QED) is 0.565. The number of hydrogen-bond donors (Lipinski definition) is 4. The Labute approximate surface area is 113 Å². The lowest BCUT2D eigenvalue weighted by Crippen LogP contribution is -2.18. The van der Waals surface area contributed by atoms with Gasteiger partial charge in [0, 0.05) is 31.0 Å². The van der Waals surface area contributed by atoms with Gasteiger partial charge in [-0.1, -0.05) is 0 Å². The molecule has 19 heavy (non-hydrogen) atoms. The summed E-state index contributed by atoms with van der Waals surface area (Å²) in [5.74, 6) is 2.43. The lowest BCUT2D eigenvalue weighted by atomic mass is 10.4. The van der Waals surface area contributed by atoms with E-state index in [2.05, 4.69) is 30.9 Å². The molecule has 0 aromatic carbocycles. The predicted molar refractivity (Wildman–Crippen MR) is 77.3 cm³/mol. The molecule has 0 saturated heterocycles. The van der Waals surface area contributed by atoms with E-state index in [4.69, 9.17) is 0 Å². The molecule has 0 saturated carbocycles. The maximum atomic E-state index is 4.37. The molecule has 4 N–H and O–H groups in total. The molecule has 0 atom stereocenters. The summed E-state index contributed by atoms with van der Waals surface area (Å²) in [7, 11) is 1.93. The standard InChI is InChI=1S/C13H20N6/c1-10-18-12(16-7-6-14-2)8-13(19-10)17-9-11-4-3-5-15-11/h3-5,8,14-15H,6-7,9H2,1-2H3,(H2,16,17,18,19). The summed E-state index contributed by atoms with van der Waals surface area (Å²) in [5.41, 5.74) is 1.13. The highest BCUT2D eigenvalue weighted by Crippen LogP contribution is 2.11. The van der Waals surface area contributed by atoms with Crippen LogP contribution in [0.25, 0.3) is 0 Å². The second-order valence-corrected chi connectivity index (χ2v) is 4.26. The van der Waals surface area contributed by atoms with Crippen LogP contribution in [0.4, 0.5) is 11.6 Å². The van der Waals surface area contributed by atoms with E-state index in [0.717, 1.165) is 42.8 Å². The van der Waals surface area contributed by atoms with Gasteiger partial charge in [0.1, 0.15) is 17.5 Å². The summed E-state index contributed by atoms with van der Waals surface area (Å²) in [6.45, 7) is 4.35. The van der Waals surface area contributed by atoms with E-state index in [1.165, 1.54) is 0 Å². The van der Waals surface area contributed by atoms with E-state index >= 15 is 0 Å². The van der Waals surface area contributed by atoms with E-state index < -0.39 is 0 Å². The minimum absolute atomic E-state index is 0.722. The number of H-pyrrole nitrogens is 1. The first kappa shape index (κ1) is 13.4. The fraction of sp³-hybridized carbons (Fsp3) is 0.385. The Hall–Kier alpha value is -2.08. The predicted octanol–water partition coefficient (Wildman–Crippen LogP) is 1.36. The smallest absolute Gasteiger partial charge is 0.132 e. The molecule has 0 radical (unpaired) electrons. The Bertz CT molecular complexity index is 494. The van der Waals surface area contributed by atoms with Gasteiger partial charge in [0.2, 0.25) is 0 Å². The lowest BCUT2D eigenvalue weighted by molar-refractivity contribution is 0.819. The minimum atomic E-state index is 0.722. The molecule has 2 rings (SSSR count). The van der Waals surface area contributed by atoms with Crippen LogP contribution in [-0.2, 0) is 6.54 Å². The number of nitrogens with zero attached hydrogens (tertiary/aromatic N) is 2. The van der Waals surface area contributed by atoms with Gasteiger partial charge in [-0.15, -0.1) is 0 Å². The molecule has 0 fully saturated rings. The molecule has 6 heteroatoms. The van der Waals surface area contributed by atoms with E-state index in [-0.39, 0.29) is 0 Å². The average molecular weight is 260 g/mol. The van der Waals surface area contributed by atoms with E-state index in [9.17, 15) is 0 Å². The van der Waals surface area contributed by atoms with Crippen LogP contribution in [0.3, 0.4) is 0 Å². The van der Waals surface area contributed by atoms with Crippen molar-refractivity contribution in [3.05, 3.63) is 35.9 Å². The van der Waals surface area contributed by atoms with Crippen molar-refractivity contribution in [2.75, 3.05) is 30.8 Å². The third kappa shape index (κ3) is 4.26. The van der Waals surface area contributed by atoms with Gasteiger partial charge in [-0.05, 0) is 26.1 Å². The van der Waals surface area contributed by atoms with Crippen molar-refractivity contribution in [2.45, 2.75) is 13.5 Å². The SMILES string of the molecule is CNCCNc1cc(NCc2ccc[nH]2)nc(C)n1. The van der Waals surface area contributed by atoms with Gasteiger partial charge < -0.3 is 20.9 Å². The van der Waals surface area contributed by atoms with Gasteiger partial charge in [-0.3, -0.25) is 0 Å². The second kappa shape index (κ2) is 6.75. The topological polar surface area (TPSA) is 77.7 Å². The highest BCUT2D eigenvalue weighted by molar-refractivity contribution is 5.47. The summed E-state index contributed by atoms with van der Waals surface area (Å²) < 4.78 is 0. The molecule has 0 aliphatic rings. The van der Waals surface area contributed by atoms with Crippen LogP contribution in [0.15, 0.2) is 24.4 Å². The van der Waals surface area contributed by atoms with E-state index in [0.29, 0.717) is 0 Å². The number of hydrogen-bond acceptors (Lipinski definition) is 5. The van der Waals surface area contributed by atoms with Crippen LogP contribution in [0.5, 0.6) is 0 Å². The molecule has 2 aromatic rings. The summed E-state index contributed by atoms with van der Waals surface area (Å²) in [4.78, 5) is 11.9. The highest BCUT2D eigenvalue weighted by Gasteiger charge is 2.01. The first-order valence-electron chi connectivity index (χ1n) is 6.38. The largest absolute Gasteiger partial charge is 0.369 e. The molecule has 0 aliphatic heterocycles. The zero-order chi connectivity index (χ0) is 13.5. The molecule has 0 aliphatic carbocycles. The molecule has 2 aromatic heterocycles. The Kier molecular flexibility index (Phi) is 4.74. The summed E-state index contributed by atoms with van der Waals surface area (Å²) >= 11 is 0. The minimum Gasteiger partial charge on any atom is -0.369 e. The van der Waals surface area contributed by atoms with Gasteiger partial charge in [-0.25, -0.2) is 9.97 Å². The normalized spacial score (nSPS) is 10.4. The average Bonchev–Trinajstić information content (AvgIpc) is 2.89. The molecule has 0 bridgehead atoms.